The van der Waals surface area contributed by atoms with E-state index < -0.39 is 23.6 Å². The fraction of sp³-hybridized carbons (Fsp3) is 0.231. The molecular weight excluding hydrogens is 251 g/mol. The first-order valence-electron chi connectivity index (χ1n) is 5.74. The molecule has 1 aliphatic carbocycles. The number of amides is 1. The Hall–Kier alpha value is -2.37. The standard InChI is InChI=1S/C13H13FN2O3/c14-8-2-4-11(10(6-8)12(15)17)16-9-3-1-7(5-9)13(18)19/h1-4,6-7,9,16H,5H2,(H2,15,17)(H,18,19). The predicted octanol–water partition coefficient (Wildman–Crippen LogP) is 1.37. The van der Waals surface area contributed by atoms with Gasteiger partial charge in [-0.1, -0.05) is 12.2 Å². The first-order chi connectivity index (χ1) is 8.97. The lowest BCUT2D eigenvalue weighted by Gasteiger charge is -2.15. The molecule has 100 valence electrons. The monoisotopic (exact) mass is 264 g/mol. The molecule has 2 unspecified atom stereocenters. The van der Waals surface area contributed by atoms with Gasteiger partial charge in [0.25, 0.3) is 5.91 Å². The number of rotatable bonds is 4. The number of hydrogen-bond donors (Lipinski definition) is 3. The third-order valence-electron chi connectivity index (χ3n) is 2.99. The van der Waals surface area contributed by atoms with Crippen molar-refractivity contribution in [3.8, 4) is 0 Å². The smallest absolute Gasteiger partial charge is 0.310 e. The molecule has 1 aromatic carbocycles. The molecule has 4 N–H and O–H groups in total. The van der Waals surface area contributed by atoms with Crippen LogP contribution in [0.5, 0.6) is 0 Å². The van der Waals surface area contributed by atoms with Crippen molar-refractivity contribution in [2.24, 2.45) is 11.7 Å². The summed E-state index contributed by atoms with van der Waals surface area (Å²) in [6.07, 6.45) is 3.69. The van der Waals surface area contributed by atoms with Gasteiger partial charge in [0.15, 0.2) is 0 Å². The summed E-state index contributed by atoms with van der Waals surface area (Å²) in [4.78, 5) is 22.0. The Morgan fingerprint density at radius 3 is 2.68 bits per heavy atom. The van der Waals surface area contributed by atoms with Crippen LogP contribution in [0.3, 0.4) is 0 Å². The molecule has 5 nitrogen and oxygen atoms in total. The van der Waals surface area contributed by atoms with Crippen LogP contribution in [0.2, 0.25) is 0 Å². The second-order valence-electron chi connectivity index (χ2n) is 4.37. The molecule has 0 bridgehead atoms. The Bertz CT molecular complexity index is 557. The Morgan fingerprint density at radius 2 is 2.11 bits per heavy atom. The number of aliphatic carboxylic acids is 1. The SMILES string of the molecule is NC(=O)c1cc(F)ccc1NC1C=CC(C(=O)O)C1. The Morgan fingerprint density at radius 1 is 1.37 bits per heavy atom. The van der Waals surface area contributed by atoms with Crippen molar-refractivity contribution in [3.63, 3.8) is 0 Å². The quantitative estimate of drug-likeness (QED) is 0.716. The lowest BCUT2D eigenvalue weighted by atomic mass is 10.1. The van der Waals surface area contributed by atoms with E-state index in [0.29, 0.717) is 12.1 Å². The van der Waals surface area contributed by atoms with Crippen LogP contribution in [0, 0.1) is 11.7 Å². The maximum Gasteiger partial charge on any atom is 0.310 e. The van der Waals surface area contributed by atoms with Gasteiger partial charge in [-0.25, -0.2) is 4.39 Å². The predicted molar refractivity (Wildman–Crippen MR) is 67.2 cm³/mol. The average Bonchev–Trinajstić information content (AvgIpc) is 2.80. The number of primary amides is 1. The van der Waals surface area contributed by atoms with Crippen LogP contribution in [0.1, 0.15) is 16.8 Å². The molecule has 0 spiro atoms. The van der Waals surface area contributed by atoms with Crippen LogP contribution in [-0.2, 0) is 4.79 Å². The van der Waals surface area contributed by atoms with Gasteiger partial charge < -0.3 is 16.2 Å². The highest BCUT2D eigenvalue weighted by Gasteiger charge is 2.25. The molecule has 0 saturated heterocycles. The third kappa shape index (κ3) is 2.90. The second kappa shape index (κ2) is 5.09. The average molecular weight is 264 g/mol. The van der Waals surface area contributed by atoms with Crippen LogP contribution in [-0.4, -0.2) is 23.0 Å². The topological polar surface area (TPSA) is 92.4 Å². The van der Waals surface area contributed by atoms with E-state index in [-0.39, 0.29) is 11.6 Å². The van der Waals surface area contributed by atoms with Gasteiger partial charge in [0.1, 0.15) is 5.82 Å². The van der Waals surface area contributed by atoms with E-state index in [1.807, 2.05) is 0 Å². The minimum absolute atomic E-state index is 0.0483. The zero-order chi connectivity index (χ0) is 14.0. The van der Waals surface area contributed by atoms with Crippen molar-refractivity contribution < 1.29 is 19.1 Å². The highest BCUT2D eigenvalue weighted by molar-refractivity contribution is 5.98. The normalized spacial score (nSPS) is 21.3. The molecule has 1 aromatic rings. The third-order valence-corrected chi connectivity index (χ3v) is 2.99. The minimum atomic E-state index is -0.894. The molecule has 0 aliphatic heterocycles. The van der Waals surface area contributed by atoms with Crippen molar-refractivity contribution in [2.75, 3.05) is 5.32 Å². The Balaban J connectivity index is 2.15. The summed E-state index contributed by atoms with van der Waals surface area (Å²) in [6, 6.07) is 3.46. The van der Waals surface area contributed by atoms with Gasteiger partial charge in [-0.15, -0.1) is 0 Å². The van der Waals surface area contributed by atoms with Crippen molar-refractivity contribution in [1.29, 1.82) is 0 Å². The van der Waals surface area contributed by atoms with Crippen LogP contribution in [0.25, 0.3) is 0 Å². The fourth-order valence-corrected chi connectivity index (χ4v) is 2.04. The van der Waals surface area contributed by atoms with E-state index in [1.165, 1.54) is 12.1 Å². The Labute approximate surface area is 108 Å². The minimum Gasteiger partial charge on any atom is -0.481 e. The van der Waals surface area contributed by atoms with E-state index in [4.69, 9.17) is 10.8 Å². The summed E-state index contributed by atoms with van der Waals surface area (Å²) in [7, 11) is 0. The van der Waals surface area contributed by atoms with Gasteiger partial charge in [-0.2, -0.15) is 0 Å². The van der Waals surface area contributed by atoms with Gasteiger partial charge in [-0.05, 0) is 24.6 Å². The van der Waals surface area contributed by atoms with Gasteiger partial charge in [0.2, 0.25) is 0 Å². The van der Waals surface area contributed by atoms with Gasteiger partial charge >= 0.3 is 5.97 Å². The molecule has 1 amide bonds. The van der Waals surface area contributed by atoms with Crippen molar-refractivity contribution in [2.45, 2.75) is 12.5 Å². The number of anilines is 1. The number of benzene rings is 1. The molecule has 1 aliphatic rings. The van der Waals surface area contributed by atoms with Gasteiger partial charge in [-0.3, -0.25) is 9.59 Å². The van der Waals surface area contributed by atoms with Crippen LogP contribution in [0.15, 0.2) is 30.4 Å². The lowest BCUT2D eigenvalue weighted by Crippen LogP contribution is -2.21. The zero-order valence-corrected chi connectivity index (χ0v) is 9.97. The number of carbonyl (C=O) groups is 2. The van der Waals surface area contributed by atoms with E-state index in [0.717, 1.165) is 6.07 Å². The zero-order valence-electron chi connectivity index (χ0n) is 9.97. The number of nitrogens with two attached hydrogens (primary N) is 1. The largest absolute Gasteiger partial charge is 0.481 e. The van der Waals surface area contributed by atoms with Crippen molar-refractivity contribution in [1.82, 2.24) is 0 Å². The summed E-state index contributed by atoms with van der Waals surface area (Å²) in [5.74, 6) is -2.73. The molecular formula is C13H13FN2O3. The summed E-state index contributed by atoms with van der Waals surface area (Å²) in [5, 5.41) is 11.9. The molecule has 6 heteroatoms. The highest BCUT2D eigenvalue weighted by atomic mass is 19.1. The second-order valence-corrected chi connectivity index (χ2v) is 4.37. The fourth-order valence-electron chi connectivity index (χ4n) is 2.04. The van der Waals surface area contributed by atoms with Crippen molar-refractivity contribution in [3.05, 3.63) is 41.7 Å². The lowest BCUT2D eigenvalue weighted by molar-refractivity contribution is -0.140. The van der Waals surface area contributed by atoms with E-state index >= 15 is 0 Å². The number of carboxylic acids is 1. The molecule has 0 saturated carbocycles. The number of carbonyl (C=O) groups excluding carboxylic acids is 1. The molecule has 0 heterocycles. The highest BCUT2D eigenvalue weighted by Crippen LogP contribution is 2.24. The number of halogens is 1. The van der Waals surface area contributed by atoms with E-state index in [1.54, 1.807) is 12.2 Å². The number of carboxylic acid groups (broad SMARTS) is 1. The molecule has 2 rings (SSSR count). The van der Waals surface area contributed by atoms with E-state index in [2.05, 4.69) is 5.32 Å². The van der Waals surface area contributed by atoms with Crippen LogP contribution in [0.4, 0.5) is 10.1 Å². The maximum absolute atomic E-state index is 13.1. The summed E-state index contributed by atoms with van der Waals surface area (Å²) < 4.78 is 13.1. The molecule has 0 radical (unpaired) electrons. The van der Waals surface area contributed by atoms with Gasteiger partial charge in [0.05, 0.1) is 11.5 Å². The molecule has 19 heavy (non-hydrogen) atoms. The number of hydrogen-bond acceptors (Lipinski definition) is 3. The summed E-state index contributed by atoms with van der Waals surface area (Å²) in [5.41, 5.74) is 5.62. The summed E-state index contributed by atoms with van der Waals surface area (Å²) in [6.45, 7) is 0. The first kappa shape index (κ1) is 13.1. The first-order valence-corrected chi connectivity index (χ1v) is 5.74. The van der Waals surface area contributed by atoms with Crippen molar-refractivity contribution >= 4 is 17.6 Å². The molecule has 0 aromatic heterocycles. The maximum atomic E-state index is 13.1. The Kier molecular flexibility index (Phi) is 3.50. The van der Waals surface area contributed by atoms with Crippen LogP contribution >= 0.6 is 0 Å². The number of nitrogens with one attached hydrogen (secondary N) is 1. The van der Waals surface area contributed by atoms with Gasteiger partial charge in [0, 0.05) is 11.7 Å². The summed E-state index contributed by atoms with van der Waals surface area (Å²) >= 11 is 0. The van der Waals surface area contributed by atoms with E-state index in [9.17, 15) is 14.0 Å². The molecule has 0 fully saturated rings. The van der Waals surface area contributed by atoms with Crippen LogP contribution < -0.4 is 11.1 Å². The molecule has 2 atom stereocenters.